The van der Waals surface area contributed by atoms with Gasteiger partial charge in [-0.15, -0.1) is 0 Å². The molecule has 1 heterocycles. The van der Waals surface area contributed by atoms with Crippen LogP contribution in [0.5, 0.6) is 0 Å². The van der Waals surface area contributed by atoms with E-state index < -0.39 is 6.10 Å². The molecule has 1 aliphatic rings. The summed E-state index contributed by atoms with van der Waals surface area (Å²) < 4.78 is 1.94. The van der Waals surface area contributed by atoms with Crippen molar-refractivity contribution < 1.29 is 9.90 Å². The zero-order valence-electron chi connectivity index (χ0n) is 11.4. The lowest BCUT2D eigenvalue weighted by Gasteiger charge is -2.14. The van der Waals surface area contributed by atoms with Crippen molar-refractivity contribution in [3.63, 3.8) is 0 Å². The largest absolute Gasteiger partial charge is 0.391 e. The highest BCUT2D eigenvalue weighted by Crippen LogP contribution is 2.37. The maximum atomic E-state index is 12.1. The van der Waals surface area contributed by atoms with Gasteiger partial charge in [0.1, 0.15) is 5.69 Å². The molecule has 0 spiro atoms. The second-order valence-corrected chi connectivity index (χ2v) is 6.11. The average molecular weight is 285 g/mol. The quantitative estimate of drug-likeness (QED) is 0.844. The second kappa shape index (κ2) is 5.97. The Morgan fingerprint density at radius 1 is 1.58 bits per heavy atom. The van der Waals surface area contributed by atoms with Gasteiger partial charge >= 0.3 is 0 Å². The third-order valence-electron chi connectivity index (χ3n) is 3.23. The molecule has 1 unspecified atom stereocenters. The molecule has 5 heteroatoms. The molecule has 1 atom stereocenters. The highest BCUT2D eigenvalue weighted by molar-refractivity contribution is 6.31. The Morgan fingerprint density at radius 3 is 2.84 bits per heavy atom. The summed E-state index contributed by atoms with van der Waals surface area (Å²) in [5, 5.41) is 13.1. The zero-order chi connectivity index (χ0) is 14.0. The molecule has 4 nitrogen and oxygen atoms in total. The molecule has 1 fully saturated rings. The van der Waals surface area contributed by atoms with Crippen LogP contribution >= 0.6 is 11.6 Å². The van der Waals surface area contributed by atoms with Crippen molar-refractivity contribution in [1.82, 2.24) is 9.88 Å². The number of aromatic nitrogens is 1. The van der Waals surface area contributed by atoms with E-state index in [2.05, 4.69) is 5.32 Å². The van der Waals surface area contributed by atoms with Gasteiger partial charge in [-0.25, -0.2) is 0 Å². The van der Waals surface area contributed by atoms with Crippen molar-refractivity contribution in [2.45, 2.75) is 45.3 Å². The van der Waals surface area contributed by atoms with Crippen LogP contribution in [0.3, 0.4) is 0 Å². The first-order chi connectivity index (χ1) is 8.97. The van der Waals surface area contributed by atoms with Crippen molar-refractivity contribution in [1.29, 1.82) is 0 Å². The summed E-state index contributed by atoms with van der Waals surface area (Å²) in [6.45, 7) is 4.37. The summed E-state index contributed by atoms with van der Waals surface area (Å²) in [5.41, 5.74) is 0.587. The topological polar surface area (TPSA) is 54.3 Å². The van der Waals surface area contributed by atoms with Gasteiger partial charge in [0.25, 0.3) is 5.91 Å². The first kappa shape index (κ1) is 14.4. The van der Waals surface area contributed by atoms with Crippen molar-refractivity contribution in [2.24, 2.45) is 5.92 Å². The second-order valence-electron chi connectivity index (χ2n) is 5.68. The summed E-state index contributed by atoms with van der Waals surface area (Å²) in [7, 11) is 0. The van der Waals surface area contributed by atoms with Gasteiger partial charge in [-0.2, -0.15) is 0 Å². The molecule has 2 N–H and O–H groups in total. The van der Waals surface area contributed by atoms with E-state index in [-0.39, 0.29) is 12.5 Å². The van der Waals surface area contributed by atoms with E-state index in [4.69, 9.17) is 11.6 Å². The predicted octanol–water partition coefficient (Wildman–Crippen LogP) is 2.61. The first-order valence-electron chi connectivity index (χ1n) is 6.81. The SMILES string of the molecule is CC(C)CC(O)CNC(=O)c1cc(Cl)cn1C1CC1. The molecule has 106 valence electrons. The van der Waals surface area contributed by atoms with Gasteiger partial charge in [-0.3, -0.25) is 4.79 Å². The number of hydrogen-bond acceptors (Lipinski definition) is 2. The Labute approximate surface area is 118 Å². The van der Waals surface area contributed by atoms with Gasteiger partial charge in [0.2, 0.25) is 0 Å². The molecule has 1 saturated carbocycles. The van der Waals surface area contributed by atoms with Crippen LogP contribution < -0.4 is 5.32 Å². The standard InChI is InChI=1S/C14H21ClN2O2/c1-9(2)5-12(18)7-16-14(19)13-6-10(15)8-17(13)11-3-4-11/h6,8-9,11-12,18H,3-5,7H2,1-2H3,(H,16,19). The summed E-state index contributed by atoms with van der Waals surface area (Å²) in [4.78, 5) is 12.1. The van der Waals surface area contributed by atoms with Crippen LogP contribution in [0.15, 0.2) is 12.3 Å². The van der Waals surface area contributed by atoms with Crippen molar-refractivity contribution >= 4 is 17.5 Å². The predicted molar refractivity (Wildman–Crippen MR) is 75.5 cm³/mol. The highest BCUT2D eigenvalue weighted by atomic mass is 35.5. The van der Waals surface area contributed by atoms with Gasteiger partial charge in [0, 0.05) is 18.8 Å². The number of carbonyl (C=O) groups is 1. The molecular formula is C14H21ClN2O2. The van der Waals surface area contributed by atoms with E-state index in [1.54, 1.807) is 12.3 Å². The van der Waals surface area contributed by atoms with Crippen molar-refractivity contribution in [2.75, 3.05) is 6.54 Å². The summed E-state index contributed by atoms with van der Waals surface area (Å²) in [6.07, 6.45) is 4.19. The lowest BCUT2D eigenvalue weighted by Crippen LogP contribution is -2.33. The number of aliphatic hydroxyl groups is 1. The fourth-order valence-corrected chi connectivity index (χ4v) is 2.42. The number of nitrogens with zero attached hydrogens (tertiary/aromatic N) is 1. The Bertz CT molecular complexity index is 452. The van der Waals surface area contributed by atoms with Crippen LogP contribution in [0.1, 0.15) is 49.6 Å². The molecule has 0 aliphatic heterocycles. The number of carbonyl (C=O) groups excluding carboxylic acids is 1. The fourth-order valence-electron chi connectivity index (χ4n) is 2.21. The van der Waals surface area contributed by atoms with E-state index in [1.165, 1.54) is 0 Å². The van der Waals surface area contributed by atoms with Gasteiger partial charge in [0.15, 0.2) is 0 Å². The molecule has 0 aromatic carbocycles. The van der Waals surface area contributed by atoms with Gasteiger partial charge in [-0.1, -0.05) is 25.4 Å². The lowest BCUT2D eigenvalue weighted by molar-refractivity contribution is 0.0891. The maximum Gasteiger partial charge on any atom is 0.268 e. The number of amides is 1. The van der Waals surface area contributed by atoms with Crippen LogP contribution in [0.2, 0.25) is 5.02 Å². The number of nitrogens with one attached hydrogen (secondary N) is 1. The first-order valence-corrected chi connectivity index (χ1v) is 7.18. The van der Waals surface area contributed by atoms with E-state index in [0.717, 1.165) is 12.8 Å². The minimum Gasteiger partial charge on any atom is -0.391 e. The molecule has 1 aromatic heterocycles. The normalized spacial score (nSPS) is 16.7. The number of halogens is 1. The molecule has 0 saturated heterocycles. The van der Waals surface area contributed by atoms with Crippen LogP contribution in [0.25, 0.3) is 0 Å². The minimum atomic E-state index is -0.497. The van der Waals surface area contributed by atoms with Crippen molar-refractivity contribution in [3.05, 3.63) is 23.0 Å². The van der Waals surface area contributed by atoms with Crippen LogP contribution in [0, 0.1) is 5.92 Å². The average Bonchev–Trinajstić information content (AvgIpc) is 3.08. The third kappa shape index (κ3) is 3.98. The van der Waals surface area contributed by atoms with Crippen LogP contribution in [-0.4, -0.2) is 28.2 Å². The number of aliphatic hydroxyl groups excluding tert-OH is 1. The van der Waals surface area contributed by atoms with Gasteiger partial charge in [0.05, 0.1) is 11.1 Å². The molecule has 1 amide bonds. The molecule has 19 heavy (non-hydrogen) atoms. The van der Waals surface area contributed by atoms with Crippen LogP contribution in [-0.2, 0) is 0 Å². The summed E-state index contributed by atoms with van der Waals surface area (Å²) in [6, 6.07) is 2.10. The smallest absolute Gasteiger partial charge is 0.268 e. The summed E-state index contributed by atoms with van der Waals surface area (Å²) >= 11 is 5.96. The molecule has 0 radical (unpaired) electrons. The number of rotatable bonds is 6. The zero-order valence-corrected chi connectivity index (χ0v) is 12.2. The lowest BCUT2D eigenvalue weighted by atomic mass is 10.1. The van der Waals surface area contributed by atoms with Gasteiger partial charge < -0.3 is 15.0 Å². The van der Waals surface area contributed by atoms with E-state index >= 15 is 0 Å². The third-order valence-corrected chi connectivity index (χ3v) is 3.44. The van der Waals surface area contributed by atoms with E-state index in [1.807, 2.05) is 18.4 Å². The molecule has 1 aromatic rings. The maximum absolute atomic E-state index is 12.1. The minimum absolute atomic E-state index is 0.165. The van der Waals surface area contributed by atoms with E-state index in [9.17, 15) is 9.90 Å². The summed E-state index contributed by atoms with van der Waals surface area (Å²) in [5.74, 6) is 0.248. The van der Waals surface area contributed by atoms with E-state index in [0.29, 0.717) is 29.1 Å². The molecule has 2 rings (SSSR count). The Morgan fingerprint density at radius 2 is 2.26 bits per heavy atom. The highest BCUT2D eigenvalue weighted by Gasteiger charge is 2.27. The Kier molecular flexibility index (Phi) is 4.53. The van der Waals surface area contributed by atoms with Crippen molar-refractivity contribution in [3.8, 4) is 0 Å². The fraction of sp³-hybridized carbons (Fsp3) is 0.643. The Balaban J connectivity index is 1.92. The molecule has 0 bridgehead atoms. The number of hydrogen-bond donors (Lipinski definition) is 2. The molecule has 1 aliphatic carbocycles. The Hall–Kier alpha value is -1.00. The van der Waals surface area contributed by atoms with Gasteiger partial charge in [-0.05, 0) is 31.2 Å². The monoisotopic (exact) mass is 284 g/mol. The molecular weight excluding hydrogens is 264 g/mol. The van der Waals surface area contributed by atoms with Crippen LogP contribution in [0.4, 0.5) is 0 Å².